The number of allylic oxidation sites excluding steroid dienone is 6. The van der Waals surface area contributed by atoms with Crippen molar-refractivity contribution in [2.45, 2.75) is 32.1 Å². The topological polar surface area (TPSA) is 0 Å². The fraction of sp³-hybridized carbons (Fsp3) is 0.500. The Kier molecular flexibility index (Phi) is 2.45. The Morgan fingerprint density at radius 1 is 1.00 bits per heavy atom. The van der Waals surface area contributed by atoms with Crippen LogP contribution in [0.5, 0.6) is 0 Å². The van der Waals surface area contributed by atoms with Gasteiger partial charge in [0.1, 0.15) is 0 Å². The normalized spacial score (nSPS) is 28.7. The first-order valence-corrected chi connectivity index (χ1v) is 5.02. The Balaban J connectivity index is 2.13. The van der Waals surface area contributed by atoms with Gasteiger partial charge in [-0.2, -0.15) is 0 Å². The van der Waals surface area contributed by atoms with Crippen molar-refractivity contribution in [3.05, 3.63) is 36.0 Å². The molecule has 3 aliphatic rings. The Hall–Kier alpha value is -0.780. The molecule has 0 saturated carbocycles. The molecule has 0 fully saturated rings. The minimum Gasteiger partial charge on any atom is -0.0773 e. The minimum absolute atomic E-state index is 0.722. The molecular weight excluding hydrogens is 144 g/mol. The second-order valence-electron chi connectivity index (χ2n) is 3.72. The van der Waals surface area contributed by atoms with E-state index in [1.54, 1.807) is 0 Å². The van der Waals surface area contributed by atoms with Gasteiger partial charge in [0, 0.05) is 0 Å². The lowest BCUT2D eigenvalue weighted by Crippen LogP contribution is -1.97. The van der Waals surface area contributed by atoms with E-state index in [0.29, 0.717) is 0 Å². The molecule has 0 aliphatic heterocycles. The predicted octanol–water partition coefficient (Wildman–Crippen LogP) is 3.62. The predicted molar refractivity (Wildman–Crippen MR) is 52.9 cm³/mol. The van der Waals surface area contributed by atoms with E-state index in [-0.39, 0.29) is 0 Å². The average molecular weight is 160 g/mol. The van der Waals surface area contributed by atoms with Gasteiger partial charge in [0.25, 0.3) is 0 Å². The van der Waals surface area contributed by atoms with Gasteiger partial charge in [0.2, 0.25) is 0 Å². The molecule has 0 heterocycles. The summed E-state index contributed by atoms with van der Waals surface area (Å²) >= 11 is 0. The molecule has 0 atom stereocenters. The molecule has 0 heteroatoms. The zero-order valence-corrected chi connectivity index (χ0v) is 7.50. The van der Waals surface area contributed by atoms with Gasteiger partial charge < -0.3 is 0 Å². The van der Waals surface area contributed by atoms with Crippen LogP contribution in [0, 0.1) is 5.92 Å². The molecule has 2 bridgehead atoms. The summed E-state index contributed by atoms with van der Waals surface area (Å²) in [6.07, 6.45) is 18.4. The van der Waals surface area contributed by atoms with Crippen LogP contribution in [-0.4, -0.2) is 0 Å². The van der Waals surface area contributed by atoms with E-state index in [1.165, 1.54) is 37.7 Å². The largest absolute Gasteiger partial charge is 0.0773 e. The summed E-state index contributed by atoms with van der Waals surface area (Å²) in [5.41, 5.74) is 1.41. The molecular formula is C12H16. The highest BCUT2D eigenvalue weighted by atomic mass is 14.1. The Labute approximate surface area is 74.7 Å². The monoisotopic (exact) mass is 160 g/mol. The molecule has 64 valence electrons. The average Bonchev–Trinajstić information content (AvgIpc) is 2.16. The number of rotatable bonds is 0. The third kappa shape index (κ3) is 1.88. The first kappa shape index (κ1) is 7.85. The molecule has 12 heavy (non-hydrogen) atoms. The van der Waals surface area contributed by atoms with Crippen LogP contribution in [-0.2, 0) is 0 Å². The highest BCUT2D eigenvalue weighted by Gasteiger charge is 2.05. The lowest BCUT2D eigenvalue weighted by molar-refractivity contribution is 0.593. The molecule has 0 radical (unpaired) electrons. The van der Waals surface area contributed by atoms with E-state index in [2.05, 4.69) is 30.4 Å². The third-order valence-corrected chi connectivity index (χ3v) is 2.69. The quantitative estimate of drug-likeness (QED) is 0.507. The van der Waals surface area contributed by atoms with Gasteiger partial charge in [-0.15, -0.1) is 0 Å². The van der Waals surface area contributed by atoms with Crippen LogP contribution in [0.25, 0.3) is 0 Å². The van der Waals surface area contributed by atoms with Crippen LogP contribution < -0.4 is 0 Å². The summed E-state index contributed by atoms with van der Waals surface area (Å²) in [5.74, 6) is 0.722. The van der Waals surface area contributed by atoms with Crippen molar-refractivity contribution in [1.29, 1.82) is 0 Å². The Morgan fingerprint density at radius 3 is 2.67 bits per heavy atom. The van der Waals surface area contributed by atoms with Crippen molar-refractivity contribution in [1.82, 2.24) is 0 Å². The molecule has 0 N–H and O–H groups in total. The second-order valence-corrected chi connectivity index (χ2v) is 3.72. The summed E-state index contributed by atoms with van der Waals surface area (Å²) < 4.78 is 0. The highest BCUT2D eigenvalue weighted by Crippen LogP contribution is 2.22. The van der Waals surface area contributed by atoms with Crippen molar-refractivity contribution >= 4 is 0 Å². The van der Waals surface area contributed by atoms with Crippen LogP contribution in [0.4, 0.5) is 0 Å². The van der Waals surface area contributed by atoms with Gasteiger partial charge in [0.15, 0.2) is 0 Å². The SMILES string of the molecule is C1=CC2C=CC1=CCCCCC2. The lowest BCUT2D eigenvalue weighted by atomic mass is 9.92. The summed E-state index contributed by atoms with van der Waals surface area (Å²) in [6.45, 7) is 0. The smallest absolute Gasteiger partial charge is 0.00468 e. The maximum atomic E-state index is 2.36. The first-order chi connectivity index (χ1) is 5.95. The van der Waals surface area contributed by atoms with Gasteiger partial charge in [-0.1, -0.05) is 43.2 Å². The molecule has 0 aromatic heterocycles. The zero-order chi connectivity index (χ0) is 8.23. The minimum atomic E-state index is 0.722. The summed E-state index contributed by atoms with van der Waals surface area (Å²) in [7, 11) is 0. The van der Waals surface area contributed by atoms with Crippen LogP contribution in [0.2, 0.25) is 0 Å². The third-order valence-electron chi connectivity index (χ3n) is 2.69. The van der Waals surface area contributed by atoms with E-state index < -0.39 is 0 Å². The van der Waals surface area contributed by atoms with Gasteiger partial charge in [-0.25, -0.2) is 0 Å². The standard InChI is InChI=1S/C12H16/c1-2-4-6-12-9-7-11(5-3-1)8-10-12/h5,7-10,12H,1-4,6H2. The maximum absolute atomic E-state index is 2.36. The fourth-order valence-corrected chi connectivity index (χ4v) is 1.89. The van der Waals surface area contributed by atoms with Crippen LogP contribution >= 0.6 is 0 Å². The Bertz CT molecular complexity index is 214. The van der Waals surface area contributed by atoms with Crippen molar-refractivity contribution in [3.8, 4) is 0 Å². The van der Waals surface area contributed by atoms with E-state index in [1.807, 2.05) is 0 Å². The van der Waals surface area contributed by atoms with Gasteiger partial charge in [-0.05, 0) is 30.8 Å². The Morgan fingerprint density at radius 2 is 1.83 bits per heavy atom. The van der Waals surface area contributed by atoms with Crippen LogP contribution in [0.3, 0.4) is 0 Å². The lowest BCUT2D eigenvalue weighted by Gasteiger charge is -2.13. The molecule has 0 saturated heterocycles. The number of fused-ring (bicyclic) bond motifs is 5. The molecule has 0 aromatic rings. The van der Waals surface area contributed by atoms with E-state index in [4.69, 9.17) is 0 Å². The molecule has 0 unspecified atom stereocenters. The maximum Gasteiger partial charge on any atom is -0.00468 e. The van der Waals surface area contributed by atoms with Gasteiger partial charge in [0.05, 0.1) is 0 Å². The summed E-state index contributed by atoms with van der Waals surface area (Å²) in [5, 5.41) is 0. The van der Waals surface area contributed by atoms with E-state index in [0.717, 1.165) is 5.92 Å². The van der Waals surface area contributed by atoms with Gasteiger partial charge >= 0.3 is 0 Å². The molecule has 0 spiro atoms. The fourth-order valence-electron chi connectivity index (χ4n) is 1.89. The van der Waals surface area contributed by atoms with Crippen molar-refractivity contribution < 1.29 is 0 Å². The number of hydrogen-bond donors (Lipinski definition) is 0. The zero-order valence-electron chi connectivity index (χ0n) is 7.50. The van der Waals surface area contributed by atoms with Crippen LogP contribution in [0.15, 0.2) is 36.0 Å². The van der Waals surface area contributed by atoms with E-state index >= 15 is 0 Å². The molecule has 0 amide bonds. The molecule has 3 rings (SSSR count). The molecule has 0 aromatic carbocycles. The van der Waals surface area contributed by atoms with Gasteiger partial charge in [-0.3, -0.25) is 0 Å². The van der Waals surface area contributed by atoms with Crippen molar-refractivity contribution in [2.24, 2.45) is 5.92 Å². The highest BCUT2D eigenvalue weighted by molar-refractivity contribution is 5.35. The number of hydrogen-bond acceptors (Lipinski definition) is 0. The summed E-state index contributed by atoms with van der Waals surface area (Å²) in [6, 6.07) is 0. The summed E-state index contributed by atoms with van der Waals surface area (Å²) in [4.78, 5) is 0. The van der Waals surface area contributed by atoms with Crippen molar-refractivity contribution in [3.63, 3.8) is 0 Å². The van der Waals surface area contributed by atoms with Crippen molar-refractivity contribution in [2.75, 3.05) is 0 Å². The first-order valence-electron chi connectivity index (χ1n) is 5.02. The second kappa shape index (κ2) is 3.75. The van der Waals surface area contributed by atoms with Crippen LogP contribution in [0.1, 0.15) is 32.1 Å². The molecule has 3 aliphatic carbocycles. The molecule has 0 nitrogen and oxygen atoms in total. The van der Waals surface area contributed by atoms with E-state index in [9.17, 15) is 0 Å².